The summed E-state index contributed by atoms with van der Waals surface area (Å²) in [6, 6.07) is 2.28. The highest BCUT2D eigenvalue weighted by Crippen LogP contribution is 2.21. The van der Waals surface area contributed by atoms with Crippen LogP contribution in [-0.4, -0.2) is 61.3 Å². The Balaban J connectivity index is 1.68. The molecule has 0 radical (unpaired) electrons. The summed E-state index contributed by atoms with van der Waals surface area (Å²) >= 11 is 0. The lowest BCUT2D eigenvalue weighted by Crippen LogP contribution is -2.52. The second-order valence-corrected chi connectivity index (χ2v) is 7.77. The zero-order valence-electron chi connectivity index (χ0n) is 13.6. The number of hydrazone groups is 1. The monoisotopic (exact) mass is 386 g/mol. The minimum absolute atomic E-state index is 0.0233. The van der Waals surface area contributed by atoms with Gasteiger partial charge in [0, 0.05) is 45.1 Å². The molecular weight excluding hydrogens is 370 g/mol. The summed E-state index contributed by atoms with van der Waals surface area (Å²) in [4.78, 5) is 24.3. The van der Waals surface area contributed by atoms with E-state index < -0.39 is 26.6 Å². The maximum Gasteiger partial charge on any atom is 0.270 e. The number of carbonyl (C=O) groups is 2. The molecule has 0 bridgehead atoms. The topological polar surface area (TPSA) is 99.2 Å². The first kappa shape index (κ1) is 18.4. The van der Waals surface area contributed by atoms with Gasteiger partial charge in [-0.1, -0.05) is 0 Å². The number of rotatable bonds is 3. The van der Waals surface area contributed by atoms with E-state index in [9.17, 15) is 26.8 Å². The summed E-state index contributed by atoms with van der Waals surface area (Å²) in [5.74, 6) is -2.65. The Morgan fingerprint density at radius 2 is 1.81 bits per heavy atom. The number of halogens is 2. The average molecular weight is 386 g/mol. The van der Waals surface area contributed by atoms with Crippen molar-refractivity contribution in [1.82, 2.24) is 14.6 Å². The van der Waals surface area contributed by atoms with Gasteiger partial charge in [0.1, 0.15) is 22.2 Å². The lowest BCUT2D eigenvalue weighted by Gasteiger charge is -2.34. The molecular formula is C15H16F2N4O4S. The smallest absolute Gasteiger partial charge is 0.270 e. The molecule has 1 aromatic carbocycles. The molecule has 2 amide bonds. The second kappa shape index (κ2) is 7.08. The molecule has 3 rings (SSSR count). The third kappa shape index (κ3) is 3.58. The Morgan fingerprint density at radius 1 is 1.12 bits per heavy atom. The highest BCUT2D eigenvalue weighted by atomic mass is 32.2. The lowest BCUT2D eigenvalue weighted by atomic mass is 10.1. The van der Waals surface area contributed by atoms with Gasteiger partial charge in [0.05, 0.1) is 0 Å². The number of hydrogen-bond acceptors (Lipinski definition) is 5. The molecule has 140 valence electrons. The molecule has 0 atom stereocenters. The fraction of sp³-hybridized carbons (Fsp3) is 0.400. The zero-order valence-corrected chi connectivity index (χ0v) is 14.4. The summed E-state index contributed by atoms with van der Waals surface area (Å²) in [5.41, 5.74) is 2.45. The van der Waals surface area contributed by atoms with E-state index in [1.807, 2.05) is 0 Å². The molecule has 11 heteroatoms. The molecule has 1 aromatic rings. The van der Waals surface area contributed by atoms with Gasteiger partial charge in [0.2, 0.25) is 15.9 Å². The molecule has 2 aliphatic rings. The van der Waals surface area contributed by atoms with Crippen LogP contribution in [0.2, 0.25) is 0 Å². The predicted molar refractivity (Wildman–Crippen MR) is 86.5 cm³/mol. The minimum atomic E-state index is -4.12. The zero-order chi connectivity index (χ0) is 18.9. The molecule has 1 N–H and O–H groups in total. The molecule has 2 heterocycles. The molecule has 1 saturated heterocycles. The van der Waals surface area contributed by atoms with Gasteiger partial charge in [0.25, 0.3) is 5.91 Å². The number of nitrogens with zero attached hydrogens (tertiary/aromatic N) is 3. The van der Waals surface area contributed by atoms with E-state index in [2.05, 4.69) is 10.5 Å². The standard InChI is InChI=1S/C15H16F2N4O4S/c16-10-1-3-13(11(17)9-10)26(24,25)21-7-5-20(6-8-21)15(23)12-2-4-14(22)19-18-12/h1,3,9H,2,4-8H2,(H,19,22). The van der Waals surface area contributed by atoms with Crippen LogP contribution in [0.1, 0.15) is 12.8 Å². The van der Waals surface area contributed by atoms with E-state index in [1.54, 1.807) is 0 Å². The average Bonchev–Trinajstić information content (AvgIpc) is 2.61. The van der Waals surface area contributed by atoms with Crippen LogP contribution < -0.4 is 5.43 Å². The summed E-state index contributed by atoms with van der Waals surface area (Å²) in [6.07, 6.45) is 0.396. The Morgan fingerprint density at radius 3 is 2.38 bits per heavy atom. The van der Waals surface area contributed by atoms with Crippen LogP contribution in [0.3, 0.4) is 0 Å². The van der Waals surface area contributed by atoms with E-state index in [-0.39, 0.29) is 56.5 Å². The van der Waals surface area contributed by atoms with Gasteiger partial charge in [-0.2, -0.15) is 9.41 Å². The van der Waals surface area contributed by atoms with Crippen molar-refractivity contribution in [1.29, 1.82) is 0 Å². The van der Waals surface area contributed by atoms with Crippen LogP contribution in [0.15, 0.2) is 28.2 Å². The highest BCUT2D eigenvalue weighted by molar-refractivity contribution is 7.89. The molecule has 0 unspecified atom stereocenters. The van der Waals surface area contributed by atoms with Crippen LogP contribution in [0.25, 0.3) is 0 Å². The van der Waals surface area contributed by atoms with E-state index in [4.69, 9.17) is 0 Å². The minimum Gasteiger partial charge on any atom is -0.335 e. The largest absolute Gasteiger partial charge is 0.335 e. The second-order valence-electron chi connectivity index (χ2n) is 5.86. The molecule has 0 saturated carbocycles. The number of carbonyl (C=O) groups excluding carboxylic acids is 2. The van der Waals surface area contributed by atoms with Crippen molar-refractivity contribution in [3.8, 4) is 0 Å². The fourth-order valence-corrected chi connectivity index (χ4v) is 4.23. The number of nitrogens with one attached hydrogen (secondary N) is 1. The van der Waals surface area contributed by atoms with Gasteiger partial charge in [0.15, 0.2) is 0 Å². The van der Waals surface area contributed by atoms with E-state index in [0.29, 0.717) is 6.07 Å². The first-order valence-electron chi connectivity index (χ1n) is 7.89. The predicted octanol–water partition coefficient (Wildman–Crippen LogP) is 0.0637. The summed E-state index contributed by atoms with van der Waals surface area (Å²) in [5, 5.41) is 3.73. The number of hydrogen-bond donors (Lipinski definition) is 1. The van der Waals surface area contributed by atoms with Gasteiger partial charge >= 0.3 is 0 Å². The quantitative estimate of drug-likeness (QED) is 0.794. The van der Waals surface area contributed by atoms with Crippen LogP contribution in [-0.2, 0) is 19.6 Å². The molecule has 2 aliphatic heterocycles. The molecule has 8 nitrogen and oxygen atoms in total. The number of piperazine rings is 1. The van der Waals surface area contributed by atoms with Crippen LogP contribution in [0, 0.1) is 11.6 Å². The molecule has 26 heavy (non-hydrogen) atoms. The Hall–Kier alpha value is -2.40. The van der Waals surface area contributed by atoms with Crippen molar-refractivity contribution < 1.29 is 26.8 Å². The normalized spacial score (nSPS) is 19.1. The lowest BCUT2D eigenvalue weighted by molar-refractivity contribution is -0.125. The Bertz CT molecular complexity index is 880. The van der Waals surface area contributed by atoms with Gasteiger partial charge in [-0.15, -0.1) is 0 Å². The molecule has 0 aromatic heterocycles. The highest BCUT2D eigenvalue weighted by Gasteiger charge is 2.33. The van der Waals surface area contributed by atoms with Crippen molar-refractivity contribution in [3.05, 3.63) is 29.8 Å². The van der Waals surface area contributed by atoms with E-state index in [0.717, 1.165) is 16.4 Å². The first-order chi connectivity index (χ1) is 12.3. The third-order valence-electron chi connectivity index (χ3n) is 4.19. The van der Waals surface area contributed by atoms with Crippen molar-refractivity contribution >= 4 is 27.5 Å². The number of benzene rings is 1. The number of amides is 2. The molecule has 0 aliphatic carbocycles. The Kier molecular flexibility index (Phi) is 5.01. The Labute approximate surface area is 148 Å². The summed E-state index contributed by atoms with van der Waals surface area (Å²) in [6.45, 7) is 0.163. The van der Waals surface area contributed by atoms with Crippen molar-refractivity contribution in [2.75, 3.05) is 26.2 Å². The molecule has 1 fully saturated rings. The van der Waals surface area contributed by atoms with E-state index in [1.165, 1.54) is 4.90 Å². The van der Waals surface area contributed by atoms with Crippen molar-refractivity contribution in [3.63, 3.8) is 0 Å². The van der Waals surface area contributed by atoms with Crippen LogP contribution in [0.4, 0.5) is 8.78 Å². The van der Waals surface area contributed by atoms with Crippen molar-refractivity contribution in [2.24, 2.45) is 5.10 Å². The molecule has 0 spiro atoms. The van der Waals surface area contributed by atoms with E-state index >= 15 is 0 Å². The van der Waals surface area contributed by atoms with Gasteiger partial charge in [-0.05, 0) is 12.1 Å². The maximum atomic E-state index is 13.8. The third-order valence-corrected chi connectivity index (χ3v) is 6.12. The fourth-order valence-electron chi connectivity index (χ4n) is 2.77. The maximum absolute atomic E-state index is 13.8. The van der Waals surface area contributed by atoms with Crippen LogP contribution >= 0.6 is 0 Å². The van der Waals surface area contributed by atoms with Crippen molar-refractivity contribution in [2.45, 2.75) is 17.7 Å². The summed E-state index contributed by atoms with van der Waals surface area (Å²) < 4.78 is 52.9. The van der Waals surface area contributed by atoms with Crippen LogP contribution in [0.5, 0.6) is 0 Å². The van der Waals surface area contributed by atoms with Gasteiger partial charge < -0.3 is 4.90 Å². The SMILES string of the molecule is O=C1CCC(C(=O)N2CCN(S(=O)(=O)c3ccc(F)cc3F)CC2)=NN1. The van der Waals surface area contributed by atoms with Gasteiger partial charge in [-0.25, -0.2) is 22.6 Å². The first-order valence-corrected chi connectivity index (χ1v) is 9.33. The summed E-state index contributed by atoms with van der Waals surface area (Å²) in [7, 11) is -4.12. The van der Waals surface area contributed by atoms with Gasteiger partial charge in [-0.3, -0.25) is 9.59 Å². The number of sulfonamides is 1.